The van der Waals surface area contributed by atoms with E-state index in [1.165, 1.54) is 4.68 Å². The van der Waals surface area contributed by atoms with Gasteiger partial charge in [-0.15, -0.1) is 5.10 Å². The highest BCUT2D eigenvalue weighted by Crippen LogP contribution is 2.43. The summed E-state index contributed by atoms with van der Waals surface area (Å²) in [6.07, 6.45) is -1.22. The van der Waals surface area contributed by atoms with Gasteiger partial charge >= 0.3 is 6.18 Å². The summed E-state index contributed by atoms with van der Waals surface area (Å²) >= 11 is 0. The zero-order valence-electron chi connectivity index (χ0n) is 11.3. The molecule has 2 aromatic rings. The maximum absolute atomic E-state index is 12.8. The van der Waals surface area contributed by atoms with Crippen LogP contribution >= 0.6 is 0 Å². The van der Waals surface area contributed by atoms with Crippen LogP contribution in [-0.2, 0) is 7.05 Å². The summed E-state index contributed by atoms with van der Waals surface area (Å²) in [5.74, 6) is -1.12. The number of alkyl halides is 3. The first-order valence-electron chi connectivity index (χ1n) is 6.70. The fourth-order valence-electron chi connectivity index (χ4n) is 2.67. The molecular weight excluding hydrogens is 287 g/mol. The van der Waals surface area contributed by atoms with Crippen LogP contribution in [0.5, 0.6) is 0 Å². The Morgan fingerprint density at radius 2 is 2.14 bits per heavy atom. The van der Waals surface area contributed by atoms with Crippen LogP contribution in [0, 0.1) is 5.92 Å². The normalized spacial score (nSPS) is 23.4. The second-order valence-electron chi connectivity index (χ2n) is 5.34. The van der Waals surface area contributed by atoms with Crippen molar-refractivity contribution in [3.63, 3.8) is 0 Å². The molecule has 2 unspecified atom stereocenters. The van der Waals surface area contributed by atoms with E-state index in [2.05, 4.69) is 20.5 Å². The van der Waals surface area contributed by atoms with Gasteiger partial charge in [0.05, 0.1) is 12.1 Å². The largest absolute Gasteiger partial charge is 0.391 e. The standard InChI is InChI=1S/C12H14F3N5O/c1-20-6-9(17-19-20)10-16-11(21-18-10)7-3-2-4-8(5-7)12(13,14)15/h6-8H,2-5H2,1H3. The molecule has 3 rings (SSSR count). The fourth-order valence-corrected chi connectivity index (χ4v) is 2.67. The molecule has 6 nitrogen and oxygen atoms in total. The molecule has 2 atom stereocenters. The van der Waals surface area contributed by atoms with Crippen LogP contribution in [0.15, 0.2) is 10.7 Å². The molecule has 1 saturated carbocycles. The molecule has 0 aliphatic heterocycles. The Labute approximate surface area is 118 Å². The fraction of sp³-hybridized carbons (Fsp3) is 0.667. The molecule has 0 radical (unpaired) electrons. The SMILES string of the molecule is Cn1cc(-c2noc(C3CCCC(C(F)(F)F)C3)n2)nn1. The molecule has 0 bridgehead atoms. The van der Waals surface area contributed by atoms with E-state index >= 15 is 0 Å². The molecule has 1 fully saturated rings. The molecule has 114 valence electrons. The maximum atomic E-state index is 12.8. The summed E-state index contributed by atoms with van der Waals surface area (Å²) < 4.78 is 45.1. The molecule has 2 aromatic heterocycles. The van der Waals surface area contributed by atoms with E-state index in [1.54, 1.807) is 13.2 Å². The highest BCUT2D eigenvalue weighted by molar-refractivity contribution is 5.45. The van der Waals surface area contributed by atoms with Gasteiger partial charge in [-0.1, -0.05) is 16.8 Å². The zero-order valence-corrected chi connectivity index (χ0v) is 11.3. The monoisotopic (exact) mass is 301 g/mol. The predicted molar refractivity (Wildman–Crippen MR) is 65.0 cm³/mol. The van der Waals surface area contributed by atoms with Crippen LogP contribution < -0.4 is 0 Å². The van der Waals surface area contributed by atoms with Crippen molar-refractivity contribution in [2.45, 2.75) is 37.8 Å². The summed E-state index contributed by atoms with van der Waals surface area (Å²) in [4.78, 5) is 4.17. The maximum Gasteiger partial charge on any atom is 0.391 e. The lowest BCUT2D eigenvalue weighted by Gasteiger charge is -2.28. The molecule has 0 N–H and O–H groups in total. The van der Waals surface area contributed by atoms with Crippen LogP contribution in [0.4, 0.5) is 13.2 Å². The highest BCUT2D eigenvalue weighted by Gasteiger charge is 2.43. The number of aryl methyl sites for hydroxylation is 1. The highest BCUT2D eigenvalue weighted by atomic mass is 19.4. The lowest BCUT2D eigenvalue weighted by Crippen LogP contribution is -2.28. The Morgan fingerprint density at radius 3 is 2.81 bits per heavy atom. The van der Waals surface area contributed by atoms with Gasteiger partial charge < -0.3 is 4.52 Å². The van der Waals surface area contributed by atoms with Gasteiger partial charge in [-0.3, -0.25) is 4.68 Å². The predicted octanol–water partition coefficient (Wildman–Crippen LogP) is 2.70. The number of halogens is 3. The van der Waals surface area contributed by atoms with Crippen molar-refractivity contribution in [2.24, 2.45) is 13.0 Å². The minimum Gasteiger partial charge on any atom is -0.339 e. The zero-order chi connectivity index (χ0) is 15.0. The van der Waals surface area contributed by atoms with Gasteiger partial charge in [0.25, 0.3) is 0 Å². The Bertz CT molecular complexity index is 620. The van der Waals surface area contributed by atoms with Gasteiger partial charge in [0.15, 0.2) is 5.69 Å². The van der Waals surface area contributed by atoms with E-state index in [1.807, 2.05) is 0 Å². The van der Waals surface area contributed by atoms with Crippen LogP contribution in [0.2, 0.25) is 0 Å². The van der Waals surface area contributed by atoms with Crippen molar-refractivity contribution in [3.05, 3.63) is 12.1 Å². The lowest BCUT2D eigenvalue weighted by molar-refractivity contribution is -0.183. The minimum absolute atomic E-state index is 0.00556. The van der Waals surface area contributed by atoms with Crippen molar-refractivity contribution in [1.29, 1.82) is 0 Å². The van der Waals surface area contributed by atoms with Crippen molar-refractivity contribution in [1.82, 2.24) is 25.1 Å². The first kappa shape index (κ1) is 14.0. The van der Waals surface area contributed by atoms with E-state index in [-0.39, 0.29) is 30.5 Å². The number of nitrogens with zero attached hydrogens (tertiary/aromatic N) is 5. The van der Waals surface area contributed by atoms with Crippen LogP contribution in [-0.4, -0.2) is 31.3 Å². The van der Waals surface area contributed by atoms with Gasteiger partial charge in [0.2, 0.25) is 11.7 Å². The number of aromatic nitrogens is 5. The third-order valence-corrected chi connectivity index (χ3v) is 3.76. The van der Waals surface area contributed by atoms with E-state index in [0.29, 0.717) is 18.5 Å². The molecule has 0 aromatic carbocycles. The molecule has 2 heterocycles. The Balaban J connectivity index is 1.77. The molecule has 1 aliphatic rings. The minimum atomic E-state index is -4.16. The molecule has 0 amide bonds. The van der Waals surface area contributed by atoms with Crippen molar-refractivity contribution >= 4 is 0 Å². The number of rotatable bonds is 2. The summed E-state index contributed by atoms with van der Waals surface area (Å²) in [7, 11) is 1.70. The molecule has 0 saturated heterocycles. The van der Waals surface area contributed by atoms with Crippen molar-refractivity contribution < 1.29 is 17.7 Å². The van der Waals surface area contributed by atoms with Gasteiger partial charge in [0, 0.05) is 13.0 Å². The van der Waals surface area contributed by atoms with E-state index in [0.717, 1.165) is 0 Å². The first-order valence-corrected chi connectivity index (χ1v) is 6.70. The molecule has 0 spiro atoms. The lowest BCUT2D eigenvalue weighted by atomic mass is 9.81. The molecule has 9 heteroatoms. The quantitative estimate of drug-likeness (QED) is 0.853. The van der Waals surface area contributed by atoms with Gasteiger partial charge in [-0.2, -0.15) is 18.2 Å². The number of hydrogen-bond donors (Lipinski definition) is 0. The summed E-state index contributed by atoms with van der Waals surface area (Å²) in [5.41, 5.74) is 0.440. The second-order valence-corrected chi connectivity index (χ2v) is 5.34. The average molecular weight is 301 g/mol. The van der Waals surface area contributed by atoms with Crippen LogP contribution in [0.25, 0.3) is 11.5 Å². The Kier molecular flexibility index (Phi) is 3.42. The summed E-state index contributed by atoms with van der Waals surface area (Å²) in [5, 5.41) is 11.4. The number of hydrogen-bond acceptors (Lipinski definition) is 5. The van der Waals surface area contributed by atoms with Gasteiger partial charge in [-0.25, -0.2) is 0 Å². The second kappa shape index (κ2) is 5.12. The third-order valence-electron chi connectivity index (χ3n) is 3.76. The van der Waals surface area contributed by atoms with E-state index < -0.39 is 12.1 Å². The first-order chi connectivity index (χ1) is 9.93. The molecule has 1 aliphatic carbocycles. The third kappa shape index (κ3) is 2.91. The van der Waals surface area contributed by atoms with Gasteiger partial charge in [-0.05, 0) is 19.3 Å². The Hall–Kier alpha value is -1.93. The Morgan fingerprint density at radius 1 is 1.33 bits per heavy atom. The van der Waals surface area contributed by atoms with E-state index in [9.17, 15) is 13.2 Å². The van der Waals surface area contributed by atoms with E-state index in [4.69, 9.17) is 4.52 Å². The van der Waals surface area contributed by atoms with Crippen LogP contribution in [0.1, 0.15) is 37.5 Å². The molecule has 21 heavy (non-hydrogen) atoms. The van der Waals surface area contributed by atoms with Crippen molar-refractivity contribution in [2.75, 3.05) is 0 Å². The van der Waals surface area contributed by atoms with Crippen molar-refractivity contribution in [3.8, 4) is 11.5 Å². The van der Waals surface area contributed by atoms with Crippen LogP contribution in [0.3, 0.4) is 0 Å². The summed E-state index contributed by atoms with van der Waals surface area (Å²) in [6, 6.07) is 0. The smallest absolute Gasteiger partial charge is 0.339 e. The molecular formula is C12H14F3N5O. The average Bonchev–Trinajstić information content (AvgIpc) is 3.06. The van der Waals surface area contributed by atoms with Gasteiger partial charge in [0.1, 0.15) is 0 Å². The summed E-state index contributed by atoms with van der Waals surface area (Å²) in [6.45, 7) is 0. The topological polar surface area (TPSA) is 69.6 Å².